The van der Waals surface area contributed by atoms with E-state index in [-0.39, 0.29) is 30.7 Å². The number of nitrogens with one attached hydrogen (secondary N) is 1. The van der Waals surface area contributed by atoms with Crippen molar-refractivity contribution in [1.29, 1.82) is 0 Å². The normalized spacial score (nSPS) is 13.1. The van der Waals surface area contributed by atoms with Gasteiger partial charge >= 0.3 is 0 Å². The molecule has 6 nitrogen and oxygen atoms in total. The van der Waals surface area contributed by atoms with Gasteiger partial charge in [0.15, 0.2) is 0 Å². The zero-order chi connectivity index (χ0) is 19.7. The van der Waals surface area contributed by atoms with Gasteiger partial charge in [0, 0.05) is 35.7 Å². The fourth-order valence-electron chi connectivity index (χ4n) is 3.43. The molecule has 6 heteroatoms. The second-order valence-corrected chi connectivity index (χ2v) is 6.84. The number of imide groups is 1. The molecule has 1 N–H and O–H groups in total. The Morgan fingerprint density at radius 1 is 1.00 bits per heavy atom. The molecule has 0 unspecified atom stereocenters. The van der Waals surface area contributed by atoms with Crippen molar-refractivity contribution in [2.45, 2.75) is 19.8 Å². The molecule has 0 fully saturated rings. The predicted octanol–water partition coefficient (Wildman–Crippen LogP) is 3.56. The second kappa shape index (κ2) is 7.23. The average Bonchev–Trinajstić information content (AvgIpc) is 2.70. The van der Waals surface area contributed by atoms with E-state index < -0.39 is 0 Å². The zero-order valence-corrected chi connectivity index (χ0v) is 15.4. The number of pyridine rings is 1. The van der Waals surface area contributed by atoms with E-state index in [0.29, 0.717) is 28.8 Å². The molecule has 0 spiro atoms. The van der Waals surface area contributed by atoms with Crippen LogP contribution in [0.1, 0.15) is 39.1 Å². The molecule has 4 rings (SSSR count). The summed E-state index contributed by atoms with van der Waals surface area (Å²) in [5, 5.41) is 4.31. The number of nitrogens with zero attached hydrogens (tertiary/aromatic N) is 2. The smallest absolute Gasteiger partial charge is 0.261 e. The quantitative estimate of drug-likeness (QED) is 0.694. The van der Waals surface area contributed by atoms with E-state index in [1.54, 1.807) is 24.4 Å². The average molecular weight is 373 g/mol. The lowest BCUT2D eigenvalue weighted by Gasteiger charge is -2.27. The summed E-state index contributed by atoms with van der Waals surface area (Å²) >= 11 is 0. The van der Waals surface area contributed by atoms with Gasteiger partial charge in [-0.05, 0) is 42.5 Å². The van der Waals surface area contributed by atoms with Gasteiger partial charge in [-0.3, -0.25) is 19.3 Å². The molecule has 0 radical (unpaired) electrons. The third kappa shape index (κ3) is 3.24. The molecule has 2 heterocycles. The minimum Gasteiger partial charge on any atom is -0.311 e. The first kappa shape index (κ1) is 17.9. The highest BCUT2D eigenvalue weighted by Crippen LogP contribution is 2.30. The Bertz CT molecular complexity index is 1040. The number of carbonyl (C=O) groups excluding carboxylic acids is 3. The van der Waals surface area contributed by atoms with E-state index in [4.69, 9.17) is 0 Å². The maximum absolute atomic E-state index is 12.8. The highest BCUT2D eigenvalue weighted by atomic mass is 16.2. The number of carbonyl (C=O) groups is 3. The number of aromatic nitrogens is 1. The molecule has 0 atom stereocenters. The van der Waals surface area contributed by atoms with Crippen molar-refractivity contribution in [1.82, 2.24) is 9.88 Å². The fourth-order valence-corrected chi connectivity index (χ4v) is 3.43. The minimum atomic E-state index is -0.310. The third-order valence-corrected chi connectivity index (χ3v) is 4.82. The van der Waals surface area contributed by atoms with E-state index in [2.05, 4.69) is 10.3 Å². The van der Waals surface area contributed by atoms with Crippen LogP contribution in [-0.2, 0) is 4.79 Å². The molecule has 0 aliphatic carbocycles. The van der Waals surface area contributed by atoms with Gasteiger partial charge < -0.3 is 5.32 Å². The molecular formula is C22H19N3O3. The van der Waals surface area contributed by atoms with E-state index >= 15 is 0 Å². The van der Waals surface area contributed by atoms with Crippen molar-refractivity contribution in [3.05, 3.63) is 71.4 Å². The molecule has 2 aromatic carbocycles. The van der Waals surface area contributed by atoms with Gasteiger partial charge in [-0.2, -0.15) is 0 Å². The van der Waals surface area contributed by atoms with Gasteiger partial charge in [0.1, 0.15) is 5.82 Å². The number of rotatable bonds is 5. The summed E-state index contributed by atoms with van der Waals surface area (Å²) in [5.74, 6) is -0.332. The standard InChI is InChI=1S/C22H19N3O3/c1-14-10-11-18(23-13-14)24-19(26)9-4-12-25-21(27)16-7-2-5-15-6-3-8-17(20(15)16)22(25)28/h2-3,5-8,10-11,13H,4,9,12H2,1H3,(H,23,24,26). The molecule has 0 bridgehead atoms. The molecule has 1 aliphatic rings. The number of aryl methyl sites for hydroxylation is 1. The summed E-state index contributed by atoms with van der Waals surface area (Å²) in [6.45, 7) is 2.11. The minimum absolute atomic E-state index is 0.192. The van der Waals surface area contributed by atoms with E-state index in [0.717, 1.165) is 10.9 Å². The third-order valence-electron chi connectivity index (χ3n) is 4.82. The van der Waals surface area contributed by atoms with E-state index in [1.165, 1.54) is 4.90 Å². The zero-order valence-electron chi connectivity index (χ0n) is 15.4. The van der Waals surface area contributed by atoms with Crippen LogP contribution in [0.3, 0.4) is 0 Å². The Kier molecular flexibility index (Phi) is 4.61. The summed E-state index contributed by atoms with van der Waals surface area (Å²) in [6, 6.07) is 14.5. The highest BCUT2D eigenvalue weighted by molar-refractivity contribution is 6.25. The first-order valence-corrected chi connectivity index (χ1v) is 9.15. The lowest BCUT2D eigenvalue weighted by Crippen LogP contribution is -2.41. The molecule has 0 saturated carbocycles. The van der Waals surface area contributed by atoms with Gasteiger partial charge in [-0.25, -0.2) is 4.98 Å². The Labute approximate surface area is 162 Å². The SMILES string of the molecule is Cc1ccc(NC(=O)CCCN2C(=O)c3cccc4cccc(c34)C2=O)nc1. The Hall–Kier alpha value is -3.54. The number of hydrogen-bond donors (Lipinski definition) is 1. The molecule has 3 aromatic rings. The van der Waals surface area contributed by atoms with Gasteiger partial charge in [-0.15, -0.1) is 0 Å². The summed E-state index contributed by atoms with van der Waals surface area (Å²) in [5.41, 5.74) is 2.07. The Balaban J connectivity index is 1.43. The molecular weight excluding hydrogens is 354 g/mol. The maximum Gasteiger partial charge on any atom is 0.261 e. The lowest BCUT2D eigenvalue weighted by atomic mass is 9.94. The van der Waals surface area contributed by atoms with Crippen molar-refractivity contribution in [3.8, 4) is 0 Å². The van der Waals surface area contributed by atoms with Gasteiger partial charge in [-0.1, -0.05) is 30.3 Å². The number of amides is 3. The van der Waals surface area contributed by atoms with Crippen LogP contribution in [0, 0.1) is 6.92 Å². The summed E-state index contributed by atoms with van der Waals surface area (Å²) < 4.78 is 0. The van der Waals surface area contributed by atoms with Crippen molar-refractivity contribution in [2.24, 2.45) is 0 Å². The van der Waals surface area contributed by atoms with Crippen LogP contribution in [0.15, 0.2) is 54.7 Å². The number of benzene rings is 2. The predicted molar refractivity (Wildman–Crippen MR) is 106 cm³/mol. The number of hydrogen-bond acceptors (Lipinski definition) is 4. The van der Waals surface area contributed by atoms with Crippen LogP contribution in [0.2, 0.25) is 0 Å². The Morgan fingerprint density at radius 2 is 1.68 bits per heavy atom. The lowest BCUT2D eigenvalue weighted by molar-refractivity contribution is -0.116. The fraction of sp³-hybridized carbons (Fsp3) is 0.182. The molecule has 140 valence electrons. The van der Waals surface area contributed by atoms with Gasteiger partial charge in [0.25, 0.3) is 11.8 Å². The second-order valence-electron chi connectivity index (χ2n) is 6.84. The van der Waals surface area contributed by atoms with E-state index in [1.807, 2.05) is 37.3 Å². The van der Waals surface area contributed by atoms with Crippen LogP contribution >= 0.6 is 0 Å². The van der Waals surface area contributed by atoms with Crippen LogP contribution in [-0.4, -0.2) is 34.2 Å². The van der Waals surface area contributed by atoms with Crippen LogP contribution in [0.25, 0.3) is 10.8 Å². The van der Waals surface area contributed by atoms with Crippen LogP contribution < -0.4 is 5.32 Å². The summed E-state index contributed by atoms with van der Waals surface area (Å²) in [4.78, 5) is 43.1. The monoisotopic (exact) mass is 373 g/mol. The summed E-state index contributed by atoms with van der Waals surface area (Å²) in [6.07, 6.45) is 2.25. The first-order chi connectivity index (χ1) is 13.5. The Morgan fingerprint density at radius 3 is 2.29 bits per heavy atom. The van der Waals surface area contributed by atoms with Gasteiger partial charge in [0.05, 0.1) is 0 Å². The molecule has 28 heavy (non-hydrogen) atoms. The van der Waals surface area contributed by atoms with Crippen molar-refractivity contribution in [3.63, 3.8) is 0 Å². The van der Waals surface area contributed by atoms with Gasteiger partial charge in [0.2, 0.25) is 5.91 Å². The van der Waals surface area contributed by atoms with Crippen LogP contribution in [0.4, 0.5) is 5.82 Å². The topological polar surface area (TPSA) is 79.4 Å². The molecule has 0 saturated heterocycles. The van der Waals surface area contributed by atoms with Crippen molar-refractivity contribution >= 4 is 34.3 Å². The molecule has 1 aliphatic heterocycles. The summed E-state index contributed by atoms with van der Waals surface area (Å²) in [7, 11) is 0. The van der Waals surface area contributed by atoms with E-state index in [9.17, 15) is 14.4 Å². The van der Waals surface area contributed by atoms with Crippen molar-refractivity contribution in [2.75, 3.05) is 11.9 Å². The molecule has 1 aromatic heterocycles. The number of anilines is 1. The van der Waals surface area contributed by atoms with Crippen LogP contribution in [0.5, 0.6) is 0 Å². The maximum atomic E-state index is 12.8. The first-order valence-electron chi connectivity index (χ1n) is 9.15. The molecule has 3 amide bonds. The van der Waals surface area contributed by atoms with Crippen molar-refractivity contribution < 1.29 is 14.4 Å². The highest BCUT2D eigenvalue weighted by Gasteiger charge is 2.32. The largest absolute Gasteiger partial charge is 0.311 e.